The Morgan fingerprint density at radius 3 is 2.75 bits per heavy atom. The van der Waals surface area contributed by atoms with Gasteiger partial charge in [0, 0.05) is 31.6 Å². The van der Waals surface area contributed by atoms with Crippen molar-refractivity contribution >= 4 is 16.9 Å². The molecule has 2 saturated heterocycles. The summed E-state index contributed by atoms with van der Waals surface area (Å²) in [6.45, 7) is 5.54. The Morgan fingerprint density at radius 1 is 1.19 bits per heavy atom. The second kappa shape index (κ2) is 8.73. The molecule has 0 bridgehead atoms. The van der Waals surface area contributed by atoms with Crippen LogP contribution in [0.5, 0.6) is 0 Å². The standard InChI is InChI=1S/C25H30N2O5/c1-17-4-6-21(31-17)16-27-10-8-25(29,9-11-27)19-5-7-22-18(13-19)14-23(32-22)24(28)26-15-20-3-2-12-30-20/h4-7,13-14,20,29H,2-3,8-12,15-16H2,1H3,(H,26,28)/t20-/m0/s1. The molecule has 1 atom stereocenters. The summed E-state index contributed by atoms with van der Waals surface area (Å²) in [4.78, 5) is 14.8. The summed E-state index contributed by atoms with van der Waals surface area (Å²) in [6.07, 6.45) is 3.39. The molecule has 4 heterocycles. The van der Waals surface area contributed by atoms with Gasteiger partial charge in [0.2, 0.25) is 0 Å². The van der Waals surface area contributed by atoms with Gasteiger partial charge in [-0.2, -0.15) is 0 Å². The van der Waals surface area contributed by atoms with E-state index in [9.17, 15) is 9.90 Å². The molecule has 3 aromatic rings. The molecule has 0 saturated carbocycles. The van der Waals surface area contributed by atoms with Crippen molar-refractivity contribution in [2.75, 3.05) is 26.2 Å². The third-order valence-electron chi connectivity index (χ3n) is 6.65. The Morgan fingerprint density at radius 2 is 2.03 bits per heavy atom. The molecule has 170 valence electrons. The number of carbonyl (C=O) groups is 1. The van der Waals surface area contributed by atoms with Crippen LogP contribution < -0.4 is 5.32 Å². The predicted octanol–water partition coefficient (Wildman–Crippen LogP) is 3.73. The largest absolute Gasteiger partial charge is 0.465 e. The number of ether oxygens (including phenoxy) is 1. The third kappa shape index (κ3) is 4.46. The highest BCUT2D eigenvalue weighted by atomic mass is 16.5. The number of likely N-dealkylation sites (tertiary alicyclic amines) is 1. The minimum atomic E-state index is -0.886. The van der Waals surface area contributed by atoms with Crippen molar-refractivity contribution in [2.24, 2.45) is 0 Å². The fraction of sp³-hybridized carbons (Fsp3) is 0.480. The van der Waals surface area contributed by atoms with E-state index >= 15 is 0 Å². The van der Waals surface area contributed by atoms with E-state index in [0.29, 0.717) is 25.0 Å². The molecule has 2 aliphatic rings. The Kier molecular flexibility index (Phi) is 5.80. The molecule has 1 aromatic carbocycles. The van der Waals surface area contributed by atoms with Crippen molar-refractivity contribution in [3.63, 3.8) is 0 Å². The second-order valence-electron chi connectivity index (χ2n) is 9.03. The zero-order valence-electron chi connectivity index (χ0n) is 18.4. The predicted molar refractivity (Wildman–Crippen MR) is 119 cm³/mol. The Labute approximate surface area is 187 Å². The molecule has 0 unspecified atom stereocenters. The van der Waals surface area contributed by atoms with Gasteiger partial charge in [-0.1, -0.05) is 6.07 Å². The van der Waals surface area contributed by atoms with E-state index in [2.05, 4.69) is 10.2 Å². The van der Waals surface area contributed by atoms with Crippen LogP contribution in [-0.2, 0) is 16.9 Å². The number of furan rings is 2. The molecular weight excluding hydrogens is 408 g/mol. The van der Waals surface area contributed by atoms with Crippen molar-refractivity contribution in [3.8, 4) is 0 Å². The van der Waals surface area contributed by atoms with Gasteiger partial charge in [-0.05, 0) is 68.5 Å². The van der Waals surface area contributed by atoms with Gasteiger partial charge in [0.05, 0.1) is 18.2 Å². The summed E-state index contributed by atoms with van der Waals surface area (Å²) in [7, 11) is 0. The number of nitrogens with one attached hydrogen (secondary N) is 1. The zero-order chi connectivity index (χ0) is 22.1. The highest BCUT2D eigenvalue weighted by molar-refractivity contribution is 5.96. The number of rotatable bonds is 6. The Hall–Kier alpha value is -2.61. The van der Waals surface area contributed by atoms with E-state index in [0.717, 1.165) is 61.6 Å². The lowest BCUT2D eigenvalue weighted by molar-refractivity contribution is -0.0288. The van der Waals surface area contributed by atoms with E-state index < -0.39 is 5.60 Å². The molecule has 2 aromatic heterocycles. The first kappa shape index (κ1) is 21.2. The van der Waals surface area contributed by atoms with Gasteiger partial charge < -0.3 is 24.0 Å². The minimum absolute atomic E-state index is 0.0897. The number of benzene rings is 1. The molecule has 0 aliphatic carbocycles. The Bertz CT molecular complexity index is 1090. The molecular formula is C25H30N2O5. The van der Waals surface area contributed by atoms with Gasteiger partial charge in [0.1, 0.15) is 17.1 Å². The lowest BCUT2D eigenvalue weighted by Gasteiger charge is -2.38. The van der Waals surface area contributed by atoms with Crippen LogP contribution in [0, 0.1) is 6.92 Å². The van der Waals surface area contributed by atoms with Gasteiger partial charge in [-0.3, -0.25) is 9.69 Å². The zero-order valence-corrected chi connectivity index (χ0v) is 18.4. The van der Waals surface area contributed by atoms with Crippen molar-refractivity contribution < 1.29 is 23.5 Å². The van der Waals surface area contributed by atoms with Gasteiger partial charge in [-0.15, -0.1) is 0 Å². The molecule has 2 N–H and O–H groups in total. The molecule has 5 rings (SSSR count). The molecule has 2 fully saturated rings. The molecule has 1 amide bonds. The lowest BCUT2D eigenvalue weighted by Crippen LogP contribution is -2.42. The fourth-order valence-corrected chi connectivity index (χ4v) is 4.70. The first-order valence-corrected chi connectivity index (χ1v) is 11.4. The van der Waals surface area contributed by atoms with Gasteiger partial charge >= 0.3 is 0 Å². The first-order chi connectivity index (χ1) is 15.5. The number of aliphatic hydroxyl groups is 1. The van der Waals surface area contributed by atoms with Gasteiger partial charge in [-0.25, -0.2) is 0 Å². The topological polar surface area (TPSA) is 88.1 Å². The third-order valence-corrected chi connectivity index (χ3v) is 6.65. The number of nitrogens with zero attached hydrogens (tertiary/aromatic N) is 1. The van der Waals surface area contributed by atoms with Crippen LogP contribution in [0.2, 0.25) is 0 Å². The summed E-state index contributed by atoms with van der Waals surface area (Å²) in [6, 6.07) is 11.4. The van der Waals surface area contributed by atoms with E-state index in [-0.39, 0.29) is 17.8 Å². The molecule has 7 nitrogen and oxygen atoms in total. The van der Waals surface area contributed by atoms with Crippen molar-refractivity contribution in [3.05, 3.63) is 59.2 Å². The quantitative estimate of drug-likeness (QED) is 0.610. The average molecular weight is 439 g/mol. The Balaban J connectivity index is 1.23. The van der Waals surface area contributed by atoms with Crippen LogP contribution in [0.4, 0.5) is 0 Å². The van der Waals surface area contributed by atoms with Gasteiger partial charge in [0.15, 0.2) is 5.76 Å². The monoisotopic (exact) mass is 438 g/mol. The molecule has 32 heavy (non-hydrogen) atoms. The van der Waals surface area contributed by atoms with Crippen molar-refractivity contribution in [1.82, 2.24) is 10.2 Å². The van der Waals surface area contributed by atoms with E-state index in [1.807, 2.05) is 37.3 Å². The average Bonchev–Trinajstić information content (AvgIpc) is 3.54. The number of carbonyl (C=O) groups excluding carboxylic acids is 1. The molecule has 0 spiro atoms. The number of fused-ring (bicyclic) bond motifs is 1. The number of amides is 1. The van der Waals surface area contributed by atoms with Crippen molar-refractivity contribution in [1.29, 1.82) is 0 Å². The summed E-state index contributed by atoms with van der Waals surface area (Å²) >= 11 is 0. The molecule has 0 radical (unpaired) electrons. The lowest BCUT2D eigenvalue weighted by atomic mass is 9.84. The SMILES string of the molecule is Cc1ccc(CN2CCC(O)(c3ccc4oc(C(=O)NC[C@@H]5CCCO5)cc4c3)CC2)o1. The van der Waals surface area contributed by atoms with E-state index in [4.69, 9.17) is 13.6 Å². The maximum atomic E-state index is 12.5. The molecule has 7 heteroatoms. The van der Waals surface area contributed by atoms with Crippen molar-refractivity contribution in [2.45, 2.75) is 50.9 Å². The van der Waals surface area contributed by atoms with E-state index in [1.165, 1.54) is 0 Å². The summed E-state index contributed by atoms with van der Waals surface area (Å²) in [5.41, 5.74) is 0.624. The number of hydrogen-bond acceptors (Lipinski definition) is 6. The van der Waals surface area contributed by atoms with E-state index in [1.54, 1.807) is 6.07 Å². The smallest absolute Gasteiger partial charge is 0.287 e. The first-order valence-electron chi connectivity index (χ1n) is 11.4. The molecule has 2 aliphatic heterocycles. The van der Waals surface area contributed by atoms with Gasteiger partial charge in [0.25, 0.3) is 5.91 Å². The number of aryl methyl sites for hydroxylation is 1. The number of hydrogen-bond donors (Lipinski definition) is 2. The summed E-state index contributed by atoms with van der Waals surface area (Å²) in [5, 5.41) is 15.1. The van der Waals surface area contributed by atoms with Crippen LogP contribution in [0.15, 0.2) is 45.2 Å². The maximum absolute atomic E-state index is 12.5. The fourth-order valence-electron chi connectivity index (χ4n) is 4.70. The van der Waals surface area contributed by atoms with Crippen LogP contribution in [0.25, 0.3) is 11.0 Å². The van der Waals surface area contributed by atoms with Crippen LogP contribution in [0.1, 0.15) is 53.3 Å². The highest BCUT2D eigenvalue weighted by Gasteiger charge is 2.34. The number of piperidine rings is 1. The second-order valence-corrected chi connectivity index (χ2v) is 9.03. The van der Waals surface area contributed by atoms with Crippen LogP contribution >= 0.6 is 0 Å². The normalized spacial score (nSPS) is 21.2. The van der Waals surface area contributed by atoms with Crippen LogP contribution in [-0.4, -0.2) is 48.3 Å². The summed E-state index contributed by atoms with van der Waals surface area (Å²) < 4.78 is 17.0. The van der Waals surface area contributed by atoms with Crippen LogP contribution in [0.3, 0.4) is 0 Å². The maximum Gasteiger partial charge on any atom is 0.287 e. The summed E-state index contributed by atoms with van der Waals surface area (Å²) in [5.74, 6) is 1.92. The minimum Gasteiger partial charge on any atom is -0.465 e. The highest BCUT2D eigenvalue weighted by Crippen LogP contribution is 2.35.